The van der Waals surface area contributed by atoms with Crippen LogP contribution in [0.3, 0.4) is 0 Å². The van der Waals surface area contributed by atoms with Crippen molar-refractivity contribution < 1.29 is 14.6 Å². The maximum absolute atomic E-state index is 9.80. The highest BCUT2D eigenvalue weighted by atomic mass is 35.5. The molecular formula is C13H18ClNO3. The molecule has 18 heavy (non-hydrogen) atoms. The van der Waals surface area contributed by atoms with Gasteiger partial charge in [-0.15, -0.1) is 0 Å². The van der Waals surface area contributed by atoms with E-state index in [4.69, 9.17) is 21.1 Å². The third kappa shape index (κ3) is 2.71. The molecule has 0 saturated carbocycles. The SMILES string of the molecule is COc1cc(Cl)cc(C(C)O)c1OC1CN(C)C1. The first-order valence-electron chi connectivity index (χ1n) is 5.92. The lowest BCUT2D eigenvalue weighted by molar-refractivity contribution is 0.0343. The van der Waals surface area contributed by atoms with Crippen LogP contribution in [0.1, 0.15) is 18.6 Å². The molecule has 0 amide bonds. The fraction of sp³-hybridized carbons (Fsp3) is 0.538. The van der Waals surface area contributed by atoms with Crippen LogP contribution in [-0.2, 0) is 0 Å². The fourth-order valence-corrected chi connectivity index (χ4v) is 2.28. The molecule has 1 atom stereocenters. The van der Waals surface area contributed by atoms with Crippen LogP contribution >= 0.6 is 11.6 Å². The molecule has 0 bridgehead atoms. The first-order chi connectivity index (χ1) is 8.51. The summed E-state index contributed by atoms with van der Waals surface area (Å²) in [5, 5.41) is 10.3. The van der Waals surface area contributed by atoms with Gasteiger partial charge >= 0.3 is 0 Å². The molecule has 1 saturated heterocycles. The highest BCUT2D eigenvalue weighted by molar-refractivity contribution is 6.30. The minimum atomic E-state index is -0.648. The maximum Gasteiger partial charge on any atom is 0.167 e. The van der Waals surface area contributed by atoms with Gasteiger partial charge in [-0.3, -0.25) is 4.90 Å². The van der Waals surface area contributed by atoms with Gasteiger partial charge in [-0.1, -0.05) is 11.6 Å². The van der Waals surface area contributed by atoms with Gasteiger partial charge in [0.15, 0.2) is 11.5 Å². The van der Waals surface area contributed by atoms with E-state index in [0.29, 0.717) is 22.1 Å². The second-order valence-electron chi connectivity index (χ2n) is 4.66. The van der Waals surface area contributed by atoms with Gasteiger partial charge < -0.3 is 14.6 Å². The van der Waals surface area contributed by atoms with Gasteiger partial charge in [0.25, 0.3) is 0 Å². The molecule has 5 heteroatoms. The molecule has 4 nitrogen and oxygen atoms in total. The second-order valence-corrected chi connectivity index (χ2v) is 5.10. The van der Waals surface area contributed by atoms with Crippen molar-refractivity contribution in [1.29, 1.82) is 0 Å². The summed E-state index contributed by atoms with van der Waals surface area (Å²) in [6, 6.07) is 3.41. The molecule has 1 aromatic rings. The van der Waals surface area contributed by atoms with E-state index in [0.717, 1.165) is 13.1 Å². The number of methoxy groups -OCH3 is 1. The van der Waals surface area contributed by atoms with Crippen molar-refractivity contribution in [3.63, 3.8) is 0 Å². The van der Waals surface area contributed by atoms with E-state index in [9.17, 15) is 5.11 Å². The number of ether oxygens (including phenoxy) is 2. The summed E-state index contributed by atoms with van der Waals surface area (Å²) < 4.78 is 11.2. The van der Waals surface area contributed by atoms with Crippen LogP contribution in [0.2, 0.25) is 5.02 Å². The predicted octanol–water partition coefficient (Wildman–Crippen LogP) is 2.09. The monoisotopic (exact) mass is 271 g/mol. The van der Waals surface area contributed by atoms with E-state index in [1.54, 1.807) is 26.2 Å². The van der Waals surface area contributed by atoms with Gasteiger partial charge in [0.05, 0.1) is 13.2 Å². The van der Waals surface area contributed by atoms with E-state index < -0.39 is 6.10 Å². The lowest BCUT2D eigenvalue weighted by atomic mass is 10.1. The van der Waals surface area contributed by atoms with Crippen LogP contribution in [0.5, 0.6) is 11.5 Å². The second kappa shape index (κ2) is 5.34. The molecule has 100 valence electrons. The molecule has 1 N–H and O–H groups in total. The van der Waals surface area contributed by atoms with E-state index in [2.05, 4.69) is 4.90 Å². The van der Waals surface area contributed by atoms with Crippen molar-refractivity contribution in [2.24, 2.45) is 0 Å². The Morgan fingerprint density at radius 2 is 2.11 bits per heavy atom. The van der Waals surface area contributed by atoms with Crippen molar-refractivity contribution >= 4 is 11.6 Å². The number of hydrogen-bond acceptors (Lipinski definition) is 4. The topological polar surface area (TPSA) is 41.9 Å². The minimum Gasteiger partial charge on any atom is -0.493 e. The Hall–Kier alpha value is -0.970. The van der Waals surface area contributed by atoms with Crippen LogP contribution in [0.15, 0.2) is 12.1 Å². The van der Waals surface area contributed by atoms with Crippen LogP contribution in [0.4, 0.5) is 0 Å². The first-order valence-corrected chi connectivity index (χ1v) is 6.29. The van der Waals surface area contributed by atoms with Gasteiger partial charge in [-0.05, 0) is 20.0 Å². The Morgan fingerprint density at radius 1 is 1.44 bits per heavy atom. The molecule has 0 aliphatic carbocycles. The molecular weight excluding hydrogens is 254 g/mol. The van der Waals surface area contributed by atoms with Gasteiger partial charge in [-0.2, -0.15) is 0 Å². The van der Waals surface area contributed by atoms with E-state index >= 15 is 0 Å². The highest BCUT2D eigenvalue weighted by Gasteiger charge is 2.28. The van der Waals surface area contributed by atoms with Crippen molar-refractivity contribution in [3.05, 3.63) is 22.7 Å². The molecule has 1 aliphatic heterocycles. The number of aliphatic hydroxyl groups is 1. The van der Waals surface area contributed by atoms with Gasteiger partial charge in [0.2, 0.25) is 0 Å². The van der Waals surface area contributed by atoms with E-state index in [-0.39, 0.29) is 6.10 Å². The number of rotatable bonds is 4. The number of likely N-dealkylation sites (tertiary alicyclic amines) is 1. The van der Waals surface area contributed by atoms with Crippen molar-refractivity contribution in [1.82, 2.24) is 4.90 Å². The number of aliphatic hydroxyl groups excluding tert-OH is 1. The summed E-state index contributed by atoms with van der Waals surface area (Å²) in [5.74, 6) is 1.16. The van der Waals surface area contributed by atoms with Crippen molar-refractivity contribution in [3.8, 4) is 11.5 Å². The fourth-order valence-electron chi connectivity index (χ4n) is 2.06. The molecule has 1 aromatic carbocycles. The summed E-state index contributed by atoms with van der Waals surface area (Å²) >= 11 is 6.00. The Bertz CT molecular complexity index is 430. The Balaban J connectivity index is 2.29. The predicted molar refractivity (Wildman–Crippen MR) is 70.6 cm³/mol. The van der Waals surface area contributed by atoms with Gasteiger partial charge in [0, 0.05) is 29.7 Å². The quantitative estimate of drug-likeness (QED) is 0.911. The van der Waals surface area contributed by atoms with Crippen molar-refractivity contribution in [2.75, 3.05) is 27.2 Å². The molecule has 0 spiro atoms. The zero-order valence-electron chi connectivity index (χ0n) is 10.8. The van der Waals surface area contributed by atoms with E-state index in [1.807, 2.05) is 7.05 Å². The lowest BCUT2D eigenvalue weighted by Crippen LogP contribution is -2.51. The Kier molecular flexibility index (Phi) is 4.00. The normalized spacial score (nSPS) is 18.3. The first kappa shape index (κ1) is 13.5. The summed E-state index contributed by atoms with van der Waals surface area (Å²) in [7, 11) is 3.60. The molecule has 1 fully saturated rings. The number of hydrogen-bond donors (Lipinski definition) is 1. The summed E-state index contributed by atoms with van der Waals surface area (Å²) in [6.45, 7) is 3.45. The molecule has 2 rings (SSSR count). The zero-order valence-corrected chi connectivity index (χ0v) is 11.6. The molecule has 1 aliphatic rings. The maximum atomic E-state index is 9.80. The third-order valence-electron chi connectivity index (χ3n) is 3.03. The largest absolute Gasteiger partial charge is 0.493 e. The third-order valence-corrected chi connectivity index (χ3v) is 3.25. The number of benzene rings is 1. The summed E-state index contributed by atoms with van der Waals surface area (Å²) in [4.78, 5) is 2.16. The van der Waals surface area contributed by atoms with Crippen LogP contribution in [-0.4, -0.2) is 43.4 Å². The Morgan fingerprint density at radius 3 is 2.61 bits per heavy atom. The van der Waals surface area contributed by atoms with Crippen LogP contribution in [0, 0.1) is 0 Å². The smallest absolute Gasteiger partial charge is 0.167 e. The van der Waals surface area contributed by atoms with Crippen molar-refractivity contribution in [2.45, 2.75) is 19.1 Å². The molecule has 0 aromatic heterocycles. The average molecular weight is 272 g/mol. The van der Waals surface area contributed by atoms with Crippen LogP contribution in [0.25, 0.3) is 0 Å². The summed E-state index contributed by atoms with van der Waals surface area (Å²) in [6.07, 6.45) is -0.506. The van der Waals surface area contributed by atoms with E-state index in [1.165, 1.54) is 0 Å². The number of halogens is 1. The Labute approximate surface area is 112 Å². The molecule has 0 radical (unpaired) electrons. The molecule has 1 heterocycles. The molecule has 1 unspecified atom stereocenters. The zero-order chi connectivity index (χ0) is 13.3. The minimum absolute atomic E-state index is 0.141. The number of likely N-dealkylation sites (N-methyl/N-ethyl adjacent to an activating group) is 1. The highest BCUT2D eigenvalue weighted by Crippen LogP contribution is 2.39. The number of nitrogens with zero attached hydrogens (tertiary/aromatic N) is 1. The van der Waals surface area contributed by atoms with Gasteiger partial charge in [-0.25, -0.2) is 0 Å². The van der Waals surface area contributed by atoms with Crippen LogP contribution < -0.4 is 9.47 Å². The summed E-state index contributed by atoms with van der Waals surface area (Å²) in [5.41, 5.74) is 0.661. The van der Waals surface area contributed by atoms with Gasteiger partial charge in [0.1, 0.15) is 6.10 Å². The lowest BCUT2D eigenvalue weighted by Gasteiger charge is -2.36. The average Bonchev–Trinajstić information content (AvgIpc) is 2.28. The standard InChI is InChI=1S/C13H18ClNO3/c1-8(16)11-4-9(14)5-12(17-3)13(11)18-10-6-15(2)7-10/h4-5,8,10,16H,6-7H2,1-3H3.